The largest absolute Gasteiger partial charge is 0.443 e. The van der Waals surface area contributed by atoms with E-state index in [1.54, 1.807) is 0 Å². The highest BCUT2D eigenvalue weighted by Gasteiger charge is 2.07. The van der Waals surface area contributed by atoms with Crippen molar-refractivity contribution < 1.29 is 24.3 Å². The minimum Gasteiger partial charge on any atom is -0.443 e. The lowest BCUT2D eigenvalue weighted by molar-refractivity contribution is -0.125. The third-order valence-electron chi connectivity index (χ3n) is 1.26. The second kappa shape index (κ2) is 7.36. The minimum absolute atomic E-state index is 0.329. The number of hydrogen-bond acceptors (Lipinski definition) is 6. The van der Waals surface area contributed by atoms with Crippen molar-refractivity contribution in [3.05, 3.63) is 24.3 Å². The summed E-state index contributed by atoms with van der Waals surface area (Å²) in [5.41, 5.74) is 0. The van der Waals surface area contributed by atoms with Gasteiger partial charge < -0.3 is 5.11 Å². The zero-order chi connectivity index (χ0) is 13.3. The van der Waals surface area contributed by atoms with Crippen LogP contribution < -0.4 is 10.6 Å². The number of imide groups is 2. The predicted octanol–water partition coefficient (Wildman–Crippen LogP) is -1.76. The third kappa shape index (κ3) is 7.03. The monoisotopic (exact) mass is 237 g/mol. The number of rotatable bonds is 0. The van der Waals surface area contributed by atoms with E-state index >= 15 is 0 Å². The van der Waals surface area contributed by atoms with E-state index in [4.69, 9.17) is 10.4 Å². The van der Waals surface area contributed by atoms with Gasteiger partial charge in [-0.25, -0.2) is 0 Å². The van der Waals surface area contributed by atoms with Crippen LogP contribution in [0.15, 0.2) is 24.3 Å². The molecule has 4 amide bonds. The van der Waals surface area contributed by atoms with Gasteiger partial charge in [-0.1, -0.05) is 0 Å². The fourth-order valence-electron chi connectivity index (χ4n) is 0.712. The van der Waals surface area contributed by atoms with Crippen molar-refractivity contribution in [1.82, 2.24) is 10.6 Å². The van der Waals surface area contributed by atoms with Gasteiger partial charge in [-0.2, -0.15) is 5.26 Å². The molecule has 0 bridgehead atoms. The van der Waals surface area contributed by atoms with Crippen LogP contribution >= 0.6 is 0 Å². The van der Waals surface area contributed by atoms with E-state index in [-0.39, 0.29) is 23.6 Å². The summed E-state index contributed by atoms with van der Waals surface area (Å²) >= 11 is 0. The van der Waals surface area contributed by atoms with Crippen LogP contribution in [0, 0.1) is 11.5 Å². The number of aliphatic hydroxyl groups is 1. The molecule has 88 valence electrons. The molecular weight excluding hydrogens is 230 g/mol. The van der Waals surface area contributed by atoms with E-state index in [0.717, 1.165) is 6.26 Å². The molecule has 0 aliphatic carbocycles. The lowest BCUT2D eigenvalue weighted by atomic mass is 10.6. The van der Waals surface area contributed by atoms with Crippen LogP contribution in [-0.4, -0.2) is 28.7 Å². The van der Waals surface area contributed by atoms with E-state index in [0.29, 0.717) is 0 Å². The molecule has 17 heavy (non-hydrogen) atoms. The Hall–Kier alpha value is -2.95. The first kappa shape index (κ1) is 14.1. The second-order valence-corrected chi connectivity index (χ2v) is 2.47. The summed E-state index contributed by atoms with van der Waals surface area (Å²) in [6.07, 6.45) is 5.54. The first-order valence-electron chi connectivity index (χ1n) is 4.09. The summed E-state index contributed by atoms with van der Waals surface area (Å²) in [5, 5.41) is 17.8. The van der Waals surface area contributed by atoms with Gasteiger partial charge in [0.05, 0.1) is 0 Å². The zero-order valence-electron chi connectivity index (χ0n) is 8.34. The zero-order valence-corrected chi connectivity index (χ0v) is 8.34. The van der Waals surface area contributed by atoms with Crippen LogP contribution in [0.5, 0.6) is 0 Å². The summed E-state index contributed by atoms with van der Waals surface area (Å²) in [5.74, 6) is -1.31. The average molecular weight is 237 g/mol. The minimum atomic E-state index is -0.329. The number of carbonyl (C=O) groups excluding carboxylic acids is 4. The highest BCUT2D eigenvalue weighted by atomic mass is 16.2. The molecule has 0 saturated heterocycles. The van der Waals surface area contributed by atoms with Gasteiger partial charge in [0.2, 0.25) is 0 Å². The van der Waals surface area contributed by atoms with E-state index in [1.807, 2.05) is 10.6 Å². The molecule has 3 N–H and O–H groups in total. The normalized spacial score (nSPS) is 15.0. The molecule has 0 radical (unpaired) electrons. The summed E-state index contributed by atoms with van der Waals surface area (Å²) in [4.78, 5) is 40.1. The maximum Gasteiger partial charge on any atom is 0.283 e. The predicted molar refractivity (Wildman–Crippen MR) is 52.1 cm³/mol. The van der Waals surface area contributed by atoms with E-state index in [2.05, 4.69) is 0 Å². The van der Waals surface area contributed by atoms with Crippen molar-refractivity contribution in [3.8, 4) is 6.26 Å². The molecule has 8 nitrogen and oxygen atoms in total. The Kier molecular flexibility index (Phi) is 6.08. The van der Waals surface area contributed by atoms with E-state index < -0.39 is 0 Å². The van der Waals surface area contributed by atoms with Gasteiger partial charge in [-0.05, 0) is 0 Å². The van der Waals surface area contributed by atoms with Gasteiger partial charge in [-0.3, -0.25) is 29.8 Å². The molecular formula is C9H7N3O5. The van der Waals surface area contributed by atoms with Crippen molar-refractivity contribution in [2.75, 3.05) is 0 Å². The SMILES string of the molecule is N#CO.O=C1C=CC(=O)N1.O=C1C=CC(=O)N1. The number of nitrogens with zero attached hydrogens (tertiary/aromatic N) is 1. The average Bonchev–Trinajstić information content (AvgIpc) is 2.78. The number of hydrogen-bond donors (Lipinski definition) is 3. The Morgan fingerprint density at radius 1 is 0.824 bits per heavy atom. The summed E-state index contributed by atoms with van der Waals surface area (Å²) < 4.78 is 0. The number of aliphatic hydroxyl groups excluding tert-OH is 1. The molecule has 0 aromatic rings. The fraction of sp³-hybridized carbons (Fsp3) is 0. The summed E-state index contributed by atoms with van der Waals surface area (Å²) in [6.45, 7) is 0. The Labute approximate surface area is 95.2 Å². The van der Waals surface area contributed by atoms with Gasteiger partial charge in [-0.15, -0.1) is 0 Å². The van der Waals surface area contributed by atoms with Gasteiger partial charge in [0.25, 0.3) is 29.9 Å². The van der Waals surface area contributed by atoms with Gasteiger partial charge in [0.15, 0.2) is 0 Å². The van der Waals surface area contributed by atoms with Crippen molar-refractivity contribution in [3.63, 3.8) is 0 Å². The molecule has 0 unspecified atom stereocenters. The van der Waals surface area contributed by atoms with E-state index in [1.165, 1.54) is 24.3 Å². The van der Waals surface area contributed by atoms with Crippen LogP contribution in [-0.2, 0) is 19.2 Å². The lowest BCUT2D eigenvalue weighted by Gasteiger charge is -1.80. The topological polar surface area (TPSA) is 136 Å². The van der Waals surface area contributed by atoms with Crippen molar-refractivity contribution >= 4 is 23.6 Å². The molecule has 0 atom stereocenters. The first-order valence-corrected chi connectivity index (χ1v) is 4.09. The fourth-order valence-corrected chi connectivity index (χ4v) is 0.712. The highest BCUT2D eigenvalue weighted by molar-refractivity contribution is 6.13. The second-order valence-electron chi connectivity index (χ2n) is 2.47. The Morgan fingerprint density at radius 3 is 1.06 bits per heavy atom. The molecule has 0 saturated carbocycles. The maximum absolute atomic E-state index is 10.0. The number of amides is 4. The van der Waals surface area contributed by atoms with Crippen molar-refractivity contribution in [2.45, 2.75) is 0 Å². The molecule has 2 rings (SSSR count). The third-order valence-corrected chi connectivity index (χ3v) is 1.26. The molecule has 0 spiro atoms. The number of carbonyl (C=O) groups is 4. The summed E-state index contributed by atoms with van der Waals surface area (Å²) in [7, 11) is 0. The van der Waals surface area contributed by atoms with Crippen LogP contribution in [0.3, 0.4) is 0 Å². The molecule has 0 fully saturated rings. The maximum atomic E-state index is 10.0. The molecule has 2 aliphatic heterocycles. The van der Waals surface area contributed by atoms with Crippen LogP contribution in [0.2, 0.25) is 0 Å². The molecule has 2 heterocycles. The molecule has 0 aromatic heterocycles. The summed E-state index contributed by atoms with van der Waals surface area (Å²) in [6, 6.07) is 0. The molecule has 2 aliphatic rings. The standard InChI is InChI=1S/2C4H3NO2.CHNO/c2*6-3-1-2-4(7)5-3;2-1-3/h2*1-2H,(H,5,6,7);3H. The van der Waals surface area contributed by atoms with Crippen LogP contribution in [0.4, 0.5) is 0 Å². The van der Waals surface area contributed by atoms with Crippen LogP contribution in [0.25, 0.3) is 0 Å². The van der Waals surface area contributed by atoms with Gasteiger partial charge >= 0.3 is 0 Å². The Morgan fingerprint density at radius 2 is 1.00 bits per heavy atom. The van der Waals surface area contributed by atoms with Gasteiger partial charge in [0.1, 0.15) is 0 Å². The van der Waals surface area contributed by atoms with Crippen molar-refractivity contribution in [2.24, 2.45) is 0 Å². The highest BCUT2D eigenvalue weighted by Crippen LogP contribution is 1.83. The van der Waals surface area contributed by atoms with Crippen LogP contribution in [0.1, 0.15) is 0 Å². The molecule has 0 aromatic carbocycles. The smallest absolute Gasteiger partial charge is 0.283 e. The van der Waals surface area contributed by atoms with Gasteiger partial charge in [0, 0.05) is 24.3 Å². The lowest BCUT2D eigenvalue weighted by Crippen LogP contribution is -2.19. The Bertz CT molecular complexity index is 376. The molecule has 8 heteroatoms. The van der Waals surface area contributed by atoms with E-state index in [9.17, 15) is 19.2 Å². The number of nitrogens with one attached hydrogen (secondary N) is 2. The quantitative estimate of drug-likeness (QED) is 0.337. The van der Waals surface area contributed by atoms with Crippen molar-refractivity contribution in [1.29, 1.82) is 5.26 Å². The Balaban J connectivity index is 0.000000247. The number of nitriles is 1. The first-order chi connectivity index (χ1) is 7.99.